The minimum absolute atomic E-state index is 0.235. The number of amides is 2. The number of benzene rings is 2. The number of ether oxygens (including phenoxy) is 1. The Morgan fingerprint density at radius 3 is 2.64 bits per heavy atom. The fourth-order valence-corrected chi connectivity index (χ4v) is 5.60. The van der Waals surface area contributed by atoms with E-state index in [1.54, 1.807) is 6.20 Å². The van der Waals surface area contributed by atoms with Gasteiger partial charge < -0.3 is 14.6 Å². The topological polar surface area (TPSA) is 76.5 Å². The Morgan fingerprint density at radius 1 is 1.10 bits per heavy atom. The summed E-state index contributed by atoms with van der Waals surface area (Å²) < 4.78 is 8.28. The van der Waals surface area contributed by atoms with Crippen molar-refractivity contribution in [2.45, 2.75) is 46.3 Å². The second-order valence-corrected chi connectivity index (χ2v) is 10.7. The molecule has 0 unspecified atom stereocenters. The van der Waals surface area contributed by atoms with Crippen LogP contribution in [-0.2, 0) is 22.7 Å². The lowest BCUT2D eigenvalue weighted by molar-refractivity contribution is -0.139. The van der Waals surface area contributed by atoms with Crippen molar-refractivity contribution in [1.82, 2.24) is 14.5 Å². The number of pyridine rings is 1. The monoisotopic (exact) mass is 520 g/mol. The lowest BCUT2D eigenvalue weighted by Crippen LogP contribution is -2.33. The summed E-state index contributed by atoms with van der Waals surface area (Å²) in [5.74, 6) is 0.500. The molecule has 39 heavy (non-hydrogen) atoms. The van der Waals surface area contributed by atoms with Gasteiger partial charge in [0.2, 0.25) is 5.91 Å². The number of carbonyl (C=O) groups excluding carboxylic acids is 2. The van der Waals surface area contributed by atoms with Crippen LogP contribution in [0.3, 0.4) is 0 Å². The first-order valence-corrected chi connectivity index (χ1v) is 13.5. The van der Waals surface area contributed by atoms with E-state index < -0.39 is 0 Å². The Morgan fingerprint density at radius 2 is 1.92 bits per heavy atom. The smallest absolute Gasteiger partial charge is 0.259 e. The maximum Gasteiger partial charge on any atom is 0.259 e. The summed E-state index contributed by atoms with van der Waals surface area (Å²) in [4.78, 5) is 31.7. The van der Waals surface area contributed by atoms with Gasteiger partial charge in [0.05, 0.1) is 23.3 Å². The summed E-state index contributed by atoms with van der Waals surface area (Å²) in [5, 5.41) is 4.67. The molecule has 198 valence electrons. The quantitative estimate of drug-likeness (QED) is 0.330. The molecule has 1 atom stereocenters. The second-order valence-electron chi connectivity index (χ2n) is 10.7. The predicted octanol–water partition coefficient (Wildman–Crippen LogP) is 5.86. The molecule has 2 aromatic heterocycles. The number of carbonyl (C=O) groups is 2. The zero-order chi connectivity index (χ0) is 27.1. The van der Waals surface area contributed by atoms with E-state index in [0.29, 0.717) is 18.1 Å². The Balaban J connectivity index is 1.43. The van der Waals surface area contributed by atoms with Gasteiger partial charge in [-0.1, -0.05) is 38.1 Å². The third kappa shape index (κ3) is 4.58. The average molecular weight is 521 g/mol. The van der Waals surface area contributed by atoms with Crippen molar-refractivity contribution in [3.05, 3.63) is 101 Å². The molecule has 0 radical (unpaired) electrons. The van der Waals surface area contributed by atoms with E-state index in [4.69, 9.17) is 4.74 Å². The molecule has 0 bridgehead atoms. The summed E-state index contributed by atoms with van der Waals surface area (Å²) in [6, 6.07) is 19.9. The first-order valence-electron chi connectivity index (χ1n) is 13.5. The Bertz CT molecular complexity index is 1590. The van der Waals surface area contributed by atoms with E-state index in [0.717, 1.165) is 57.8 Å². The van der Waals surface area contributed by atoms with Gasteiger partial charge in [-0.2, -0.15) is 0 Å². The fraction of sp³-hybridized carbons (Fsp3) is 0.281. The molecule has 2 aliphatic heterocycles. The summed E-state index contributed by atoms with van der Waals surface area (Å²) in [6.45, 7) is 7.42. The van der Waals surface area contributed by atoms with Crippen LogP contribution in [0.1, 0.15) is 49.9 Å². The third-order valence-electron chi connectivity index (χ3n) is 7.59. The molecule has 0 aliphatic carbocycles. The first kappa shape index (κ1) is 24.9. The molecule has 0 fully saturated rings. The maximum absolute atomic E-state index is 13.7. The average Bonchev–Trinajstić information content (AvgIpc) is 3.42. The van der Waals surface area contributed by atoms with Crippen molar-refractivity contribution < 1.29 is 14.3 Å². The summed E-state index contributed by atoms with van der Waals surface area (Å²) in [5.41, 5.74) is 6.44. The lowest BCUT2D eigenvalue weighted by atomic mass is 9.84. The number of hydrogen-bond donors (Lipinski definition) is 1. The molecule has 0 saturated carbocycles. The molecule has 7 heteroatoms. The van der Waals surface area contributed by atoms with Crippen LogP contribution in [0.25, 0.3) is 10.9 Å². The lowest BCUT2D eigenvalue weighted by Gasteiger charge is -2.20. The second kappa shape index (κ2) is 10.1. The van der Waals surface area contributed by atoms with E-state index in [1.165, 1.54) is 11.8 Å². The molecule has 7 nitrogen and oxygen atoms in total. The molecular formula is C32H32N4O3. The minimum atomic E-state index is -0.319. The number of anilines is 1. The van der Waals surface area contributed by atoms with Crippen molar-refractivity contribution >= 4 is 28.4 Å². The van der Waals surface area contributed by atoms with Crippen molar-refractivity contribution in [3.63, 3.8) is 0 Å². The molecule has 4 aromatic rings. The Hall–Kier alpha value is -4.39. The summed E-state index contributed by atoms with van der Waals surface area (Å²) in [7, 11) is 0. The van der Waals surface area contributed by atoms with Gasteiger partial charge in [-0.15, -0.1) is 0 Å². The number of hydrogen-bond acceptors (Lipinski definition) is 5. The van der Waals surface area contributed by atoms with Crippen LogP contribution in [0.15, 0.2) is 84.3 Å². The van der Waals surface area contributed by atoms with Crippen molar-refractivity contribution in [2.75, 3.05) is 11.9 Å². The van der Waals surface area contributed by atoms with Gasteiger partial charge in [-0.05, 0) is 59.9 Å². The van der Waals surface area contributed by atoms with Crippen LogP contribution in [0.2, 0.25) is 0 Å². The van der Waals surface area contributed by atoms with E-state index in [-0.39, 0.29) is 24.3 Å². The van der Waals surface area contributed by atoms with Crippen LogP contribution in [0.5, 0.6) is 5.75 Å². The Labute approximate surface area is 228 Å². The van der Waals surface area contributed by atoms with Crippen LogP contribution in [0.4, 0.5) is 5.69 Å². The normalized spacial score (nSPS) is 16.5. The summed E-state index contributed by atoms with van der Waals surface area (Å²) >= 11 is 0. The molecule has 6 rings (SSSR count). The molecule has 0 spiro atoms. The van der Waals surface area contributed by atoms with Gasteiger partial charge in [-0.3, -0.25) is 19.5 Å². The molecular weight excluding hydrogens is 488 g/mol. The van der Waals surface area contributed by atoms with Gasteiger partial charge in [0.25, 0.3) is 5.91 Å². The number of nitrogens with one attached hydrogen (secondary N) is 1. The van der Waals surface area contributed by atoms with Gasteiger partial charge in [0, 0.05) is 48.6 Å². The molecule has 0 saturated heterocycles. The highest BCUT2D eigenvalue weighted by molar-refractivity contribution is 6.11. The number of imide groups is 1. The minimum Gasteiger partial charge on any atom is -0.487 e. The van der Waals surface area contributed by atoms with Gasteiger partial charge >= 0.3 is 0 Å². The van der Waals surface area contributed by atoms with Crippen LogP contribution < -0.4 is 10.1 Å². The highest BCUT2D eigenvalue weighted by Crippen LogP contribution is 2.46. The number of rotatable bonds is 7. The predicted molar refractivity (Wildman–Crippen MR) is 151 cm³/mol. The van der Waals surface area contributed by atoms with Gasteiger partial charge in [0.15, 0.2) is 0 Å². The highest BCUT2D eigenvalue weighted by Gasteiger charge is 2.41. The number of aryl methyl sites for hydroxylation is 1. The maximum atomic E-state index is 13.7. The standard InChI is InChI=1S/C32H32N4O3/c1-20(2)14-16-35-17-25-29(22-10-12-24(13-11-22)39-19-23-7-4-5-15-33-23)31-27(18-36(21(3)37)32(31)38)34-26-8-6-9-28(35)30(25)26/h4-13,15,17,20,29,34H,14,16,18-19H2,1-3H3/t29-/m0/s1. The van der Waals surface area contributed by atoms with Crippen molar-refractivity contribution in [3.8, 4) is 5.75 Å². The van der Waals surface area contributed by atoms with E-state index >= 15 is 0 Å². The van der Waals surface area contributed by atoms with E-state index in [1.807, 2.05) is 48.5 Å². The third-order valence-corrected chi connectivity index (χ3v) is 7.59. The highest BCUT2D eigenvalue weighted by atomic mass is 16.5. The van der Waals surface area contributed by atoms with Crippen molar-refractivity contribution in [1.29, 1.82) is 0 Å². The molecule has 4 heterocycles. The number of nitrogens with zero attached hydrogens (tertiary/aromatic N) is 3. The van der Waals surface area contributed by atoms with Gasteiger partial charge in [-0.25, -0.2) is 0 Å². The van der Waals surface area contributed by atoms with Crippen LogP contribution >= 0.6 is 0 Å². The molecule has 1 N–H and O–H groups in total. The number of aromatic nitrogens is 2. The zero-order valence-corrected chi connectivity index (χ0v) is 22.5. The largest absolute Gasteiger partial charge is 0.487 e. The molecule has 2 amide bonds. The first-order chi connectivity index (χ1) is 18.9. The van der Waals surface area contributed by atoms with Crippen molar-refractivity contribution in [2.24, 2.45) is 5.92 Å². The molecule has 2 aromatic carbocycles. The van der Waals surface area contributed by atoms with Crippen LogP contribution in [-0.4, -0.2) is 32.8 Å². The zero-order valence-electron chi connectivity index (χ0n) is 22.5. The Kier molecular flexibility index (Phi) is 6.43. The van der Waals surface area contributed by atoms with E-state index in [2.05, 4.69) is 47.0 Å². The molecule has 2 aliphatic rings. The van der Waals surface area contributed by atoms with Gasteiger partial charge in [0.1, 0.15) is 12.4 Å². The van der Waals surface area contributed by atoms with Crippen LogP contribution in [0, 0.1) is 5.92 Å². The fourth-order valence-electron chi connectivity index (χ4n) is 5.60. The summed E-state index contributed by atoms with van der Waals surface area (Å²) in [6.07, 6.45) is 5.01. The SMILES string of the molecule is CC(=O)N1CC2=C(C1=O)[C@@H](c1ccc(OCc3ccccn3)cc1)c1cn(CCC(C)C)c3cccc(c13)N2. The van der Waals surface area contributed by atoms with E-state index in [9.17, 15) is 9.59 Å².